The summed E-state index contributed by atoms with van der Waals surface area (Å²) in [6, 6.07) is 0. The molecular weight excluding hydrogens is 162 g/mol. The van der Waals surface area contributed by atoms with E-state index in [2.05, 4.69) is 27.7 Å². The minimum atomic E-state index is -0.245. The third kappa shape index (κ3) is 1.50. The largest absolute Gasteiger partial charge is 0.392 e. The van der Waals surface area contributed by atoms with Gasteiger partial charge in [0.15, 0.2) is 0 Å². The Labute approximate surface area is 81.5 Å². The van der Waals surface area contributed by atoms with Crippen molar-refractivity contribution in [3.05, 3.63) is 0 Å². The van der Waals surface area contributed by atoms with E-state index in [1.54, 1.807) is 0 Å². The highest BCUT2D eigenvalue weighted by Gasteiger charge is 2.52. The maximum atomic E-state index is 10.3. The Balaban J connectivity index is 2.92. The van der Waals surface area contributed by atoms with Crippen LogP contribution in [0.5, 0.6) is 0 Å². The standard InChI is InChI=1S/C11H23NO/c1-8(2)11(7-12)6-5-10(3,4)9(11)13/h8-9,13H,5-7,12H2,1-4H3. The van der Waals surface area contributed by atoms with Gasteiger partial charge in [-0.3, -0.25) is 0 Å². The Morgan fingerprint density at radius 2 is 1.92 bits per heavy atom. The molecule has 0 saturated heterocycles. The van der Waals surface area contributed by atoms with Crippen LogP contribution in [0, 0.1) is 16.7 Å². The van der Waals surface area contributed by atoms with Crippen LogP contribution < -0.4 is 5.73 Å². The SMILES string of the molecule is CC(C)C1(CN)CCC(C)(C)C1O. The Bertz CT molecular complexity index is 189. The van der Waals surface area contributed by atoms with Crippen molar-refractivity contribution in [1.29, 1.82) is 0 Å². The molecule has 78 valence electrons. The van der Waals surface area contributed by atoms with Crippen LogP contribution in [0.15, 0.2) is 0 Å². The van der Waals surface area contributed by atoms with Gasteiger partial charge < -0.3 is 10.8 Å². The molecule has 0 heterocycles. The normalized spacial score (nSPS) is 38.5. The van der Waals surface area contributed by atoms with Gasteiger partial charge in [0, 0.05) is 12.0 Å². The van der Waals surface area contributed by atoms with Crippen molar-refractivity contribution >= 4 is 0 Å². The average Bonchev–Trinajstić information content (AvgIpc) is 2.26. The van der Waals surface area contributed by atoms with Crippen molar-refractivity contribution in [3.8, 4) is 0 Å². The summed E-state index contributed by atoms with van der Waals surface area (Å²) in [5.74, 6) is 0.467. The fourth-order valence-electron chi connectivity index (χ4n) is 2.66. The number of aliphatic hydroxyl groups is 1. The van der Waals surface area contributed by atoms with Gasteiger partial charge in [-0.2, -0.15) is 0 Å². The van der Waals surface area contributed by atoms with Gasteiger partial charge in [-0.15, -0.1) is 0 Å². The zero-order valence-corrected chi connectivity index (χ0v) is 9.30. The monoisotopic (exact) mass is 185 g/mol. The van der Waals surface area contributed by atoms with Gasteiger partial charge in [0.05, 0.1) is 6.10 Å². The molecule has 0 aromatic heterocycles. The van der Waals surface area contributed by atoms with E-state index in [1.165, 1.54) is 0 Å². The first-order chi connectivity index (χ1) is 5.87. The molecule has 0 aromatic carbocycles. The minimum Gasteiger partial charge on any atom is -0.392 e. The lowest BCUT2D eigenvalue weighted by molar-refractivity contribution is -0.0289. The van der Waals surface area contributed by atoms with Crippen molar-refractivity contribution < 1.29 is 5.11 Å². The molecule has 1 rings (SSSR count). The zero-order valence-electron chi connectivity index (χ0n) is 9.30. The number of aliphatic hydroxyl groups excluding tert-OH is 1. The Kier molecular flexibility index (Phi) is 2.75. The lowest BCUT2D eigenvalue weighted by Gasteiger charge is -2.39. The first-order valence-electron chi connectivity index (χ1n) is 5.25. The molecule has 3 N–H and O–H groups in total. The number of hydrogen-bond acceptors (Lipinski definition) is 2. The van der Waals surface area contributed by atoms with Gasteiger partial charge >= 0.3 is 0 Å². The molecule has 0 spiro atoms. The quantitative estimate of drug-likeness (QED) is 0.688. The van der Waals surface area contributed by atoms with Crippen LogP contribution in [0.25, 0.3) is 0 Å². The fraction of sp³-hybridized carbons (Fsp3) is 1.00. The first-order valence-corrected chi connectivity index (χ1v) is 5.25. The van der Waals surface area contributed by atoms with Crippen molar-refractivity contribution in [2.24, 2.45) is 22.5 Å². The van der Waals surface area contributed by atoms with Gasteiger partial charge in [-0.1, -0.05) is 27.7 Å². The van der Waals surface area contributed by atoms with Crippen molar-refractivity contribution in [2.45, 2.75) is 46.6 Å². The van der Waals surface area contributed by atoms with Gasteiger partial charge in [0.1, 0.15) is 0 Å². The zero-order chi connectivity index (χ0) is 10.3. The second kappa shape index (κ2) is 3.25. The molecule has 0 aromatic rings. The molecule has 2 unspecified atom stereocenters. The number of nitrogens with two attached hydrogens (primary N) is 1. The van der Waals surface area contributed by atoms with E-state index in [9.17, 15) is 5.11 Å². The summed E-state index contributed by atoms with van der Waals surface area (Å²) in [6.07, 6.45) is 1.91. The fourth-order valence-corrected chi connectivity index (χ4v) is 2.66. The number of rotatable bonds is 2. The molecule has 1 aliphatic carbocycles. The minimum absolute atomic E-state index is 0.0382. The molecule has 2 heteroatoms. The predicted octanol–water partition coefficient (Wildman–Crippen LogP) is 1.77. The molecule has 0 radical (unpaired) electrons. The second-order valence-electron chi connectivity index (χ2n) is 5.48. The Hall–Kier alpha value is -0.0800. The average molecular weight is 185 g/mol. The van der Waals surface area contributed by atoms with Crippen LogP contribution >= 0.6 is 0 Å². The van der Waals surface area contributed by atoms with E-state index in [0.717, 1.165) is 12.8 Å². The molecule has 0 amide bonds. The number of hydrogen-bond donors (Lipinski definition) is 2. The first kappa shape index (κ1) is 11.0. The molecule has 1 aliphatic rings. The summed E-state index contributed by atoms with van der Waals surface area (Å²) in [5, 5.41) is 10.3. The summed E-state index contributed by atoms with van der Waals surface area (Å²) >= 11 is 0. The second-order valence-corrected chi connectivity index (χ2v) is 5.48. The highest BCUT2D eigenvalue weighted by molar-refractivity contribution is 5.03. The Morgan fingerprint density at radius 3 is 2.08 bits per heavy atom. The van der Waals surface area contributed by atoms with Crippen LogP contribution in [0.1, 0.15) is 40.5 Å². The maximum Gasteiger partial charge on any atom is 0.0661 e. The van der Waals surface area contributed by atoms with Gasteiger partial charge in [0.2, 0.25) is 0 Å². The summed E-state index contributed by atoms with van der Waals surface area (Å²) in [7, 11) is 0. The van der Waals surface area contributed by atoms with Gasteiger partial charge in [0.25, 0.3) is 0 Å². The summed E-state index contributed by atoms with van der Waals surface area (Å²) in [6.45, 7) is 9.21. The molecule has 1 saturated carbocycles. The van der Waals surface area contributed by atoms with Gasteiger partial charge in [-0.05, 0) is 24.2 Å². The molecule has 0 bridgehead atoms. The van der Waals surface area contributed by atoms with Crippen LogP contribution in [0.3, 0.4) is 0 Å². The van der Waals surface area contributed by atoms with Crippen molar-refractivity contribution in [3.63, 3.8) is 0 Å². The van der Waals surface area contributed by atoms with E-state index >= 15 is 0 Å². The van der Waals surface area contributed by atoms with E-state index in [-0.39, 0.29) is 16.9 Å². The summed E-state index contributed by atoms with van der Waals surface area (Å²) < 4.78 is 0. The molecule has 1 fully saturated rings. The van der Waals surface area contributed by atoms with Crippen LogP contribution in [-0.4, -0.2) is 17.8 Å². The highest BCUT2D eigenvalue weighted by Crippen LogP contribution is 2.52. The van der Waals surface area contributed by atoms with Crippen molar-refractivity contribution in [2.75, 3.05) is 6.54 Å². The molecule has 2 nitrogen and oxygen atoms in total. The topological polar surface area (TPSA) is 46.2 Å². The lowest BCUT2D eigenvalue weighted by Crippen LogP contribution is -2.46. The van der Waals surface area contributed by atoms with Gasteiger partial charge in [-0.25, -0.2) is 0 Å². The third-order valence-electron chi connectivity index (χ3n) is 4.05. The maximum absolute atomic E-state index is 10.3. The van der Waals surface area contributed by atoms with E-state index in [1.807, 2.05) is 0 Å². The smallest absolute Gasteiger partial charge is 0.0661 e. The lowest BCUT2D eigenvalue weighted by atomic mass is 9.71. The van der Waals surface area contributed by atoms with E-state index in [0.29, 0.717) is 12.5 Å². The molecule has 13 heavy (non-hydrogen) atoms. The van der Waals surface area contributed by atoms with E-state index < -0.39 is 0 Å². The van der Waals surface area contributed by atoms with Crippen molar-refractivity contribution in [1.82, 2.24) is 0 Å². The predicted molar refractivity (Wildman–Crippen MR) is 55.3 cm³/mol. The van der Waals surface area contributed by atoms with Crippen LogP contribution in [0.4, 0.5) is 0 Å². The summed E-state index contributed by atoms with van der Waals surface area (Å²) in [5.41, 5.74) is 5.83. The molecule has 2 atom stereocenters. The Morgan fingerprint density at radius 1 is 1.38 bits per heavy atom. The molecule has 0 aliphatic heterocycles. The van der Waals surface area contributed by atoms with Crippen LogP contribution in [0.2, 0.25) is 0 Å². The van der Waals surface area contributed by atoms with E-state index in [4.69, 9.17) is 5.73 Å². The summed E-state index contributed by atoms with van der Waals surface area (Å²) in [4.78, 5) is 0. The third-order valence-corrected chi connectivity index (χ3v) is 4.05. The highest BCUT2D eigenvalue weighted by atomic mass is 16.3. The van der Waals surface area contributed by atoms with Crippen LogP contribution in [-0.2, 0) is 0 Å². The molecular formula is C11H23NO.